The molecule has 0 unspecified atom stereocenters. The lowest BCUT2D eigenvalue weighted by Gasteiger charge is -2.07. The Bertz CT molecular complexity index is 540. The highest BCUT2D eigenvalue weighted by Crippen LogP contribution is 2.28. The molecule has 2 aromatic rings. The van der Waals surface area contributed by atoms with E-state index in [0.717, 1.165) is 39.6 Å². The van der Waals surface area contributed by atoms with Gasteiger partial charge in [-0.1, -0.05) is 34.5 Å². The van der Waals surface area contributed by atoms with Gasteiger partial charge < -0.3 is 0 Å². The van der Waals surface area contributed by atoms with Gasteiger partial charge in [-0.25, -0.2) is 9.97 Å². The Hall–Kier alpha value is -0.670. The molecule has 4 heteroatoms. The smallest absolute Gasteiger partial charge is 0.140 e. The minimum absolute atomic E-state index is 0.545. The summed E-state index contributed by atoms with van der Waals surface area (Å²) in [5, 5.41) is 1.46. The van der Waals surface area contributed by atoms with Gasteiger partial charge in [-0.2, -0.15) is 0 Å². The standard InChI is InChI=1S/C12H12BrClN2/c1-3-4-10-15-11-7(2)9(13)6-5-8(11)12(14)16-10/h5-6H,3-4H2,1-2H3. The Morgan fingerprint density at radius 2 is 2.06 bits per heavy atom. The van der Waals surface area contributed by atoms with Crippen molar-refractivity contribution in [3.8, 4) is 0 Å². The van der Waals surface area contributed by atoms with Crippen LogP contribution in [0.25, 0.3) is 10.9 Å². The van der Waals surface area contributed by atoms with E-state index in [2.05, 4.69) is 32.8 Å². The van der Waals surface area contributed by atoms with E-state index in [4.69, 9.17) is 11.6 Å². The molecule has 0 bridgehead atoms. The summed E-state index contributed by atoms with van der Waals surface area (Å²) in [5.74, 6) is 0.821. The Morgan fingerprint density at radius 3 is 2.75 bits per heavy atom. The van der Waals surface area contributed by atoms with Crippen molar-refractivity contribution < 1.29 is 0 Å². The van der Waals surface area contributed by atoms with Crippen LogP contribution in [0.2, 0.25) is 5.15 Å². The van der Waals surface area contributed by atoms with E-state index in [1.807, 2.05) is 19.1 Å². The molecule has 16 heavy (non-hydrogen) atoms. The van der Waals surface area contributed by atoms with Crippen molar-refractivity contribution in [2.75, 3.05) is 0 Å². The van der Waals surface area contributed by atoms with Crippen molar-refractivity contribution in [2.45, 2.75) is 26.7 Å². The summed E-state index contributed by atoms with van der Waals surface area (Å²) in [6, 6.07) is 3.93. The van der Waals surface area contributed by atoms with E-state index in [9.17, 15) is 0 Å². The molecule has 0 aliphatic rings. The molecule has 0 atom stereocenters. The summed E-state index contributed by atoms with van der Waals surface area (Å²) in [4.78, 5) is 8.86. The van der Waals surface area contributed by atoms with Crippen molar-refractivity contribution in [3.63, 3.8) is 0 Å². The van der Waals surface area contributed by atoms with E-state index in [1.165, 1.54) is 0 Å². The summed E-state index contributed by atoms with van der Waals surface area (Å²) in [5.41, 5.74) is 2.05. The number of fused-ring (bicyclic) bond motifs is 1. The van der Waals surface area contributed by atoms with Gasteiger partial charge >= 0.3 is 0 Å². The average molecular weight is 300 g/mol. The second-order valence-corrected chi connectivity index (χ2v) is 4.96. The van der Waals surface area contributed by atoms with Crippen LogP contribution in [0.5, 0.6) is 0 Å². The summed E-state index contributed by atoms with van der Waals surface area (Å²) in [7, 11) is 0. The van der Waals surface area contributed by atoms with E-state index >= 15 is 0 Å². The first-order valence-corrected chi connectivity index (χ1v) is 6.41. The molecular weight excluding hydrogens is 288 g/mol. The third kappa shape index (κ3) is 2.06. The summed E-state index contributed by atoms with van der Waals surface area (Å²) in [6.07, 6.45) is 1.89. The molecule has 0 spiro atoms. The number of halogens is 2. The number of hydrogen-bond acceptors (Lipinski definition) is 2. The predicted molar refractivity (Wildman–Crippen MR) is 71.0 cm³/mol. The number of hydrogen-bond donors (Lipinski definition) is 0. The van der Waals surface area contributed by atoms with Crippen LogP contribution < -0.4 is 0 Å². The molecule has 2 nitrogen and oxygen atoms in total. The number of aryl methyl sites for hydroxylation is 2. The first kappa shape index (κ1) is 11.8. The zero-order chi connectivity index (χ0) is 11.7. The molecule has 1 aromatic heterocycles. The van der Waals surface area contributed by atoms with Crippen LogP contribution in [0.3, 0.4) is 0 Å². The van der Waals surface area contributed by atoms with Crippen molar-refractivity contribution in [2.24, 2.45) is 0 Å². The SMILES string of the molecule is CCCc1nc(Cl)c2ccc(Br)c(C)c2n1. The molecule has 0 saturated carbocycles. The van der Waals surface area contributed by atoms with Gasteiger partial charge in [0.05, 0.1) is 5.52 Å². The normalized spacial score (nSPS) is 11.0. The second-order valence-electron chi connectivity index (χ2n) is 3.75. The van der Waals surface area contributed by atoms with Gasteiger partial charge in [0, 0.05) is 16.3 Å². The molecule has 0 N–H and O–H groups in total. The monoisotopic (exact) mass is 298 g/mol. The van der Waals surface area contributed by atoms with Gasteiger partial charge in [-0.15, -0.1) is 0 Å². The lowest BCUT2D eigenvalue weighted by Crippen LogP contribution is -1.97. The third-order valence-electron chi connectivity index (χ3n) is 2.53. The highest BCUT2D eigenvalue weighted by atomic mass is 79.9. The third-order valence-corrected chi connectivity index (χ3v) is 3.68. The maximum absolute atomic E-state index is 6.16. The minimum atomic E-state index is 0.545. The molecule has 1 aromatic carbocycles. The molecule has 0 saturated heterocycles. The van der Waals surface area contributed by atoms with E-state index in [0.29, 0.717) is 5.15 Å². The Labute approximate surface area is 108 Å². The quantitative estimate of drug-likeness (QED) is 0.772. The maximum Gasteiger partial charge on any atom is 0.140 e. The van der Waals surface area contributed by atoms with Gasteiger partial charge in [0.25, 0.3) is 0 Å². The second kappa shape index (κ2) is 4.68. The number of aromatic nitrogens is 2. The van der Waals surface area contributed by atoms with Gasteiger partial charge in [-0.3, -0.25) is 0 Å². The van der Waals surface area contributed by atoms with Crippen LogP contribution in [-0.2, 0) is 6.42 Å². The Morgan fingerprint density at radius 1 is 1.31 bits per heavy atom. The minimum Gasteiger partial charge on any atom is -0.232 e. The van der Waals surface area contributed by atoms with Gasteiger partial charge in [-0.05, 0) is 31.0 Å². The van der Waals surface area contributed by atoms with E-state index in [1.54, 1.807) is 0 Å². The van der Waals surface area contributed by atoms with Crippen molar-refractivity contribution in [1.82, 2.24) is 9.97 Å². The fraction of sp³-hybridized carbons (Fsp3) is 0.333. The molecule has 84 valence electrons. The van der Waals surface area contributed by atoms with Gasteiger partial charge in [0.15, 0.2) is 0 Å². The van der Waals surface area contributed by atoms with Crippen LogP contribution >= 0.6 is 27.5 Å². The van der Waals surface area contributed by atoms with Crippen molar-refractivity contribution in [1.29, 1.82) is 0 Å². The predicted octanol–water partition coefficient (Wildman–Crippen LogP) is 4.31. The topological polar surface area (TPSA) is 25.8 Å². The average Bonchev–Trinajstić information content (AvgIpc) is 2.25. The molecule has 0 aliphatic carbocycles. The van der Waals surface area contributed by atoms with Crippen molar-refractivity contribution >= 4 is 38.4 Å². The largest absolute Gasteiger partial charge is 0.232 e. The Balaban J connectivity index is 2.73. The number of benzene rings is 1. The van der Waals surface area contributed by atoms with Crippen LogP contribution in [-0.4, -0.2) is 9.97 Å². The zero-order valence-electron chi connectivity index (χ0n) is 9.22. The first-order chi connectivity index (χ1) is 7.63. The fourth-order valence-electron chi connectivity index (χ4n) is 1.65. The van der Waals surface area contributed by atoms with E-state index in [-0.39, 0.29) is 0 Å². The van der Waals surface area contributed by atoms with E-state index < -0.39 is 0 Å². The number of nitrogens with zero attached hydrogens (tertiary/aromatic N) is 2. The molecule has 0 fully saturated rings. The summed E-state index contributed by atoms with van der Waals surface area (Å²) >= 11 is 9.66. The molecule has 2 rings (SSSR count). The fourth-order valence-corrected chi connectivity index (χ4v) is 2.22. The number of rotatable bonds is 2. The molecule has 0 aliphatic heterocycles. The van der Waals surface area contributed by atoms with Gasteiger partial charge in [0.2, 0.25) is 0 Å². The summed E-state index contributed by atoms with van der Waals surface area (Å²) < 4.78 is 1.05. The molecule has 0 amide bonds. The lowest BCUT2D eigenvalue weighted by molar-refractivity contribution is 0.844. The molecule has 0 radical (unpaired) electrons. The zero-order valence-corrected chi connectivity index (χ0v) is 11.6. The van der Waals surface area contributed by atoms with Gasteiger partial charge in [0.1, 0.15) is 11.0 Å². The summed E-state index contributed by atoms with van der Waals surface area (Å²) in [6.45, 7) is 4.14. The van der Waals surface area contributed by atoms with Crippen LogP contribution in [0.15, 0.2) is 16.6 Å². The van der Waals surface area contributed by atoms with Crippen LogP contribution in [0.1, 0.15) is 24.7 Å². The highest BCUT2D eigenvalue weighted by Gasteiger charge is 2.09. The molecular formula is C12H12BrClN2. The highest BCUT2D eigenvalue weighted by molar-refractivity contribution is 9.10. The first-order valence-electron chi connectivity index (χ1n) is 5.24. The lowest BCUT2D eigenvalue weighted by atomic mass is 10.1. The van der Waals surface area contributed by atoms with Crippen LogP contribution in [0, 0.1) is 6.92 Å². The van der Waals surface area contributed by atoms with Crippen LogP contribution in [0.4, 0.5) is 0 Å². The Kier molecular flexibility index (Phi) is 3.45. The molecule has 1 heterocycles. The van der Waals surface area contributed by atoms with Crippen molar-refractivity contribution in [3.05, 3.63) is 33.1 Å². The maximum atomic E-state index is 6.16.